The third-order valence-corrected chi connectivity index (χ3v) is 4.79. The fourth-order valence-electron chi connectivity index (χ4n) is 2.31. The molecule has 3 rings (SSSR count). The van der Waals surface area contributed by atoms with Gasteiger partial charge in [-0.15, -0.1) is 0 Å². The van der Waals surface area contributed by atoms with E-state index in [0.717, 1.165) is 21.5 Å². The number of hydrogen-bond donors (Lipinski definition) is 3. The van der Waals surface area contributed by atoms with Crippen LogP contribution in [0.5, 0.6) is 0 Å². The quantitative estimate of drug-likeness (QED) is 0.360. The van der Waals surface area contributed by atoms with Crippen molar-refractivity contribution in [1.29, 1.82) is 0 Å². The Morgan fingerprint density at radius 1 is 1.44 bits per heavy atom. The van der Waals surface area contributed by atoms with Gasteiger partial charge in [0.05, 0.1) is 28.3 Å². The molecule has 4 N–H and O–H groups in total. The van der Waals surface area contributed by atoms with Crippen molar-refractivity contribution in [3.63, 3.8) is 0 Å². The van der Waals surface area contributed by atoms with Crippen LogP contribution in [-0.4, -0.2) is 38.2 Å². The van der Waals surface area contributed by atoms with Crippen molar-refractivity contribution in [2.75, 3.05) is 17.7 Å². The first kappa shape index (κ1) is 17.3. The number of amides is 1. The Morgan fingerprint density at radius 3 is 2.88 bits per heavy atom. The summed E-state index contributed by atoms with van der Waals surface area (Å²) < 4.78 is 0. The highest BCUT2D eigenvalue weighted by molar-refractivity contribution is 7.99. The van der Waals surface area contributed by atoms with Gasteiger partial charge < -0.3 is 15.8 Å². The number of aromatic amines is 1. The molecule has 3 aromatic heterocycles. The standard InChI is InChI=1S/C15H15ClN6O2S/c1-7(25-14-20-12(16)4-13(17)21-14)9-3-8-10(5-18-9)19-6-11(8)22(2)15(23)24/h3-7,19H,1-2H3,(H,23,24)(H2,17,20,21). The molecule has 8 nitrogen and oxygen atoms in total. The molecule has 0 aliphatic rings. The minimum absolute atomic E-state index is 0.0832. The number of halogens is 1. The zero-order chi connectivity index (χ0) is 18.1. The monoisotopic (exact) mass is 378 g/mol. The lowest BCUT2D eigenvalue weighted by Gasteiger charge is -2.13. The minimum Gasteiger partial charge on any atom is -0.465 e. The maximum atomic E-state index is 11.2. The lowest BCUT2D eigenvalue weighted by Crippen LogP contribution is -2.23. The molecule has 0 aliphatic heterocycles. The number of thioether (sulfide) groups is 1. The van der Waals surface area contributed by atoms with E-state index < -0.39 is 6.09 Å². The van der Waals surface area contributed by atoms with Gasteiger partial charge in [-0.1, -0.05) is 23.4 Å². The average Bonchev–Trinajstić information content (AvgIpc) is 2.95. The minimum atomic E-state index is -1.04. The molecule has 1 atom stereocenters. The van der Waals surface area contributed by atoms with Gasteiger partial charge in [-0.2, -0.15) is 0 Å². The predicted octanol–water partition coefficient (Wildman–Crippen LogP) is 3.56. The van der Waals surface area contributed by atoms with Gasteiger partial charge in [0.2, 0.25) is 0 Å². The van der Waals surface area contributed by atoms with Crippen LogP contribution in [0.2, 0.25) is 5.15 Å². The molecule has 0 aromatic carbocycles. The number of nitrogens with one attached hydrogen (secondary N) is 1. The molecular weight excluding hydrogens is 364 g/mol. The molecular formula is C15H15ClN6O2S. The third-order valence-electron chi connectivity index (χ3n) is 3.61. The largest absolute Gasteiger partial charge is 0.465 e. The van der Waals surface area contributed by atoms with Crippen molar-refractivity contribution in [2.45, 2.75) is 17.3 Å². The Bertz CT molecular complexity index is 927. The lowest BCUT2D eigenvalue weighted by molar-refractivity contribution is 0.203. The predicted molar refractivity (Wildman–Crippen MR) is 98.2 cm³/mol. The Kier molecular flexibility index (Phi) is 4.69. The maximum Gasteiger partial charge on any atom is 0.411 e. The molecule has 0 spiro atoms. The normalized spacial score (nSPS) is 12.3. The van der Waals surface area contributed by atoms with Crippen molar-refractivity contribution in [1.82, 2.24) is 19.9 Å². The smallest absolute Gasteiger partial charge is 0.411 e. The van der Waals surface area contributed by atoms with Crippen molar-refractivity contribution in [3.05, 3.63) is 35.4 Å². The van der Waals surface area contributed by atoms with E-state index in [4.69, 9.17) is 17.3 Å². The van der Waals surface area contributed by atoms with E-state index in [2.05, 4.69) is 19.9 Å². The second kappa shape index (κ2) is 6.77. The summed E-state index contributed by atoms with van der Waals surface area (Å²) >= 11 is 7.27. The Hall–Kier alpha value is -2.52. The Balaban J connectivity index is 1.92. The first-order valence-electron chi connectivity index (χ1n) is 7.25. The van der Waals surface area contributed by atoms with Crippen molar-refractivity contribution < 1.29 is 9.90 Å². The second-order valence-electron chi connectivity index (χ2n) is 5.33. The van der Waals surface area contributed by atoms with E-state index in [1.165, 1.54) is 24.9 Å². The zero-order valence-electron chi connectivity index (χ0n) is 13.4. The fraction of sp³-hybridized carbons (Fsp3) is 0.200. The summed E-state index contributed by atoms with van der Waals surface area (Å²) in [5.41, 5.74) is 7.77. The number of aromatic nitrogens is 4. The highest BCUT2D eigenvalue weighted by Gasteiger charge is 2.17. The number of carboxylic acid groups (broad SMARTS) is 1. The van der Waals surface area contributed by atoms with E-state index in [1.54, 1.807) is 12.4 Å². The molecule has 0 aliphatic carbocycles. The van der Waals surface area contributed by atoms with Gasteiger partial charge in [0.25, 0.3) is 0 Å². The summed E-state index contributed by atoms with van der Waals surface area (Å²) in [6, 6.07) is 3.33. The summed E-state index contributed by atoms with van der Waals surface area (Å²) in [5.74, 6) is 0.300. The SMILES string of the molecule is CC(Sc1nc(N)cc(Cl)n1)c1cc2c(N(C)C(=O)O)c[nH]c2cn1. The number of pyridine rings is 1. The summed E-state index contributed by atoms with van der Waals surface area (Å²) in [5, 5.41) is 10.6. The van der Waals surface area contributed by atoms with Crippen molar-refractivity contribution >= 4 is 51.9 Å². The molecule has 0 radical (unpaired) electrons. The summed E-state index contributed by atoms with van der Waals surface area (Å²) in [6.07, 6.45) is 2.28. The molecule has 25 heavy (non-hydrogen) atoms. The van der Waals surface area contributed by atoms with Crippen LogP contribution in [0.15, 0.2) is 29.7 Å². The average molecular weight is 379 g/mol. The molecule has 1 amide bonds. The van der Waals surface area contributed by atoms with E-state index in [0.29, 0.717) is 16.7 Å². The molecule has 10 heteroatoms. The van der Waals surface area contributed by atoms with Crippen LogP contribution in [-0.2, 0) is 0 Å². The van der Waals surface area contributed by atoms with Gasteiger partial charge in [0, 0.05) is 24.7 Å². The molecule has 3 aromatic rings. The summed E-state index contributed by atoms with van der Waals surface area (Å²) in [4.78, 5) is 28.1. The number of nitrogens with zero attached hydrogens (tertiary/aromatic N) is 4. The lowest BCUT2D eigenvalue weighted by atomic mass is 10.2. The van der Waals surface area contributed by atoms with Crippen LogP contribution >= 0.6 is 23.4 Å². The van der Waals surface area contributed by atoms with Gasteiger partial charge in [0.1, 0.15) is 11.0 Å². The van der Waals surface area contributed by atoms with E-state index in [-0.39, 0.29) is 10.4 Å². The zero-order valence-corrected chi connectivity index (χ0v) is 15.0. The van der Waals surface area contributed by atoms with Crippen LogP contribution in [0.4, 0.5) is 16.3 Å². The summed E-state index contributed by atoms with van der Waals surface area (Å²) in [7, 11) is 1.49. The number of carbonyl (C=O) groups is 1. The number of nitrogen functional groups attached to an aromatic ring is 1. The van der Waals surface area contributed by atoms with Gasteiger partial charge in [0.15, 0.2) is 5.16 Å². The van der Waals surface area contributed by atoms with Gasteiger partial charge in [-0.25, -0.2) is 14.8 Å². The number of hydrogen-bond acceptors (Lipinski definition) is 6. The Labute approximate surface area is 152 Å². The highest BCUT2D eigenvalue weighted by Crippen LogP contribution is 2.35. The molecule has 0 saturated heterocycles. The number of nitrogens with two attached hydrogens (primary N) is 1. The van der Waals surface area contributed by atoms with Crippen LogP contribution in [0.25, 0.3) is 10.9 Å². The van der Waals surface area contributed by atoms with E-state index in [1.807, 2.05) is 13.0 Å². The molecule has 130 valence electrons. The number of H-pyrrole nitrogens is 1. The van der Waals surface area contributed by atoms with Gasteiger partial charge in [-0.3, -0.25) is 9.88 Å². The molecule has 1 unspecified atom stereocenters. The number of rotatable bonds is 4. The number of fused-ring (bicyclic) bond motifs is 1. The van der Waals surface area contributed by atoms with E-state index >= 15 is 0 Å². The maximum absolute atomic E-state index is 11.2. The first-order chi connectivity index (χ1) is 11.8. The highest BCUT2D eigenvalue weighted by atomic mass is 35.5. The van der Waals surface area contributed by atoms with Crippen LogP contribution < -0.4 is 10.6 Å². The van der Waals surface area contributed by atoms with Crippen molar-refractivity contribution in [3.8, 4) is 0 Å². The molecule has 0 bridgehead atoms. The molecule has 3 heterocycles. The fourth-order valence-corrected chi connectivity index (χ4v) is 3.43. The van der Waals surface area contributed by atoms with E-state index in [9.17, 15) is 9.90 Å². The van der Waals surface area contributed by atoms with Crippen LogP contribution in [0, 0.1) is 0 Å². The summed E-state index contributed by atoms with van der Waals surface area (Å²) in [6.45, 7) is 1.95. The van der Waals surface area contributed by atoms with Crippen molar-refractivity contribution in [2.24, 2.45) is 0 Å². The Morgan fingerprint density at radius 2 is 2.20 bits per heavy atom. The first-order valence-corrected chi connectivity index (χ1v) is 8.51. The topological polar surface area (TPSA) is 121 Å². The molecule has 0 fully saturated rings. The second-order valence-corrected chi connectivity index (χ2v) is 7.02. The van der Waals surface area contributed by atoms with Crippen LogP contribution in [0.3, 0.4) is 0 Å². The number of anilines is 2. The van der Waals surface area contributed by atoms with Crippen LogP contribution in [0.1, 0.15) is 17.9 Å². The third kappa shape index (κ3) is 3.62. The molecule has 0 saturated carbocycles. The van der Waals surface area contributed by atoms with Gasteiger partial charge >= 0.3 is 6.09 Å². The van der Waals surface area contributed by atoms with Gasteiger partial charge in [-0.05, 0) is 13.0 Å².